The Morgan fingerprint density at radius 3 is 2.31 bits per heavy atom. The van der Waals surface area contributed by atoms with Gasteiger partial charge in [-0.15, -0.1) is 0 Å². The maximum absolute atomic E-state index is 10.5. The van der Waals surface area contributed by atoms with Crippen molar-refractivity contribution >= 4 is 17.9 Å². The van der Waals surface area contributed by atoms with E-state index in [4.69, 9.17) is 11.6 Å². The second kappa shape index (κ2) is 3.53. The second-order valence-electron chi connectivity index (χ2n) is 2.41. The number of nitro groups is 1. The summed E-state index contributed by atoms with van der Waals surface area (Å²) in [6, 6.07) is 7.72. The number of carbonyl (C=O) groups excluding carboxylic acids is 1. The SMILES string of the molecule is O=CC(Cl)(c1ccccc1)[N+](=O)[O-]. The normalized spacial score (nSPS) is 14.5. The summed E-state index contributed by atoms with van der Waals surface area (Å²) in [5.74, 6) is 0. The lowest BCUT2D eigenvalue weighted by molar-refractivity contribution is -0.530. The fraction of sp³-hybridized carbons (Fsp3) is 0.125. The minimum atomic E-state index is -2.15. The molecule has 1 atom stereocenters. The van der Waals surface area contributed by atoms with Gasteiger partial charge in [-0.2, -0.15) is 0 Å². The molecule has 0 fully saturated rings. The summed E-state index contributed by atoms with van der Waals surface area (Å²) in [5, 5.41) is 10.5. The molecule has 0 aliphatic carbocycles. The highest BCUT2D eigenvalue weighted by atomic mass is 35.5. The number of aldehydes is 1. The van der Waals surface area contributed by atoms with Crippen LogP contribution in [0.25, 0.3) is 0 Å². The zero-order valence-corrected chi connectivity index (χ0v) is 7.27. The first-order valence-corrected chi connectivity index (χ1v) is 3.84. The Balaban J connectivity index is 3.18. The Hall–Kier alpha value is -1.42. The van der Waals surface area contributed by atoms with Crippen molar-refractivity contribution < 1.29 is 9.72 Å². The molecule has 0 amide bonds. The molecule has 0 spiro atoms. The van der Waals surface area contributed by atoms with Crippen LogP contribution in [0.4, 0.5) is 0 Å². The van der Waals surface area contributed by atoms with Crippen LogP contribution in [0.1, 0.15) is 5.56 Å². The number of alkyl halides is 1. The summed E-state index contributed by atoms with van der Waals surface area (Å²) in [4.78, 5) is 18.0. The lowest BCUT2D eigenvalue weighted by atomic mass is 10.1. The van der Waals surface area contributed by atoms with Gasteiger partial charge >= 0.3 is 5.00 Å². The molecule has 1 unspecified atom stereocenters. The van der Waals surface area contributed by atoms with Gasteiger partial charge in [0.05, 0.1) is 10.5 Å². The summed E-state index contributed by atoms with van der Waals surface area (Å²) in [5.41, 5.74) is 0.164. The van der Waals surface area contributed by atoms with Crippen molar-refractivity contribution in [3.05, 3.63) is 46.0 Å². The number of hydrogen-bond donors (Lipinski definition) is 0. The Morgan fingerprint density at radius 1 is 1.38 bits per heavy atom. The zero-order chi connectivity index (χ0) is 9.90. The molecule has 0 saturated carbocycles. The van der Waals surface area contributed by atoms with Crippen molar-refractivity contribution in [2.24, 2.45) is 0 Å². The Morgan fingerprint density at radius 2 is 1.92 bits per heavy atom. The topological polar surface area (TPSA) is 60.2 Å². The molecule has 68 valence electrons. The number of nitrogens with zero attached hydrogens (tertiary/aromatic N) is 1. The van der Waals surface area contributed by atoms with Gasteiger partial charge in [0.1, 0.15) is 0 Å². The zero-order valence-electron chi connectivity index (χ0n) is 6.51. The number of benzene rings is 1. The van der Waals surface area contributed by atoms with Gasteiger partial charge in [0.15, 0.2) is 0 Å². The van der Waals surface area contributed by atoms with E-state index >= 15 is 0 Å². The van der Waals surface area contributed by atoms with Gasteiger partial charge in [0.2, 0.25) is 6.29 Å². The van der Waals surface area contributed by atoms with Crippen LogP contribution in [0.5, 0.6) is 0 Å². The first-order chi connectivity index (χ1) is 6.11. The number of carbonyl (C=O) groups is 1. The van der Waals surface area contributed by atoms with Gasteiger partial charge in [-0.25, -0.2) is 0 Å². The lowest BCUT2D eigenvalue weighted by Gasteiger charge is -2.10. The largest absolute Gasteiger partial charge is 0.375 e. The molecule has 0 radical (unpaired) electrons. The van der Waals surface area contributed by atoms with Crippen LogP contribution in [-0.2, 0) is 9.79 Å². The molecular formula is C8H6ClNO3. The number of halogens is 1. The minimum Gasteiger partial charge on any atom is -0.293 e. The molecule has 5 heteroatoms. The maximum atomic E-state index is 10.5. The monoisotopic (exact) mass is 199 g/mol. The first kappa shape index (κ1) is 9.67. The van der Waals surface area contributed by atoms with Crippen LogP contribution < -0.4 is 0 Å². The highest BCUT2D eigenvalue weighted by Gasteiger charge is 2.42. The lowest BCUT2D eigenvalue weighted by Crippen LogP contribution is -2.30. The quantitative estimate of drug-likeness (QED) is 0.244. The standard InChI is InChI=1S/C8H6ClNO3/c9-8(6-11,10(12)13)7-4-2-1-3-5-7/h1-6H. The molecule has 13 heavy (non-hydrogen) atoms. The fourth-order valence-electron chi connectivity index (χ4n) is 0.888. The Labute approximate surface area is 79.3 Å². The summed E-state index contributed by atoms with van der Waals surface area (Å²) in [6.07, 6.45) is 0.115. The average Bonchev–Trinajstić information content (AvgIpc) is 2.17. The Bertz CT molecular complexity index is 327. The van der Waals surface area contributed by atoms with Gasteiger partial charge in [-0.1, -0.05) is 18.2 Å². The minimum absolute atomic E-state index is 0.115. The highest BCUT2D eigenvalue weighted by Crippen LogP contribution is 2.26. The van der Waals surface area contributed by atoms with Gasteiger partial charge in [-0.3, -0.25) is 14.9 Å². The third-order valence-electron chi connectivity index (χ3n) is 1.60. The molecular weight excluding hydrogens is 194 g/mol. The van der Waals surface area contributed by atoms with Crippen LogP contribution in [0.15, 0.2) is 30.3 Å². The molecule has 0 aromatic heterocycles. The van der Waals surface area contributed by atoms with E-state index < -0.39 is 9.92 Å². The van der Waals surface area contributed by atoms with Crippen LogP contribution in [0.2, 0.25) is 0 Å². The molecule has 4 nitrogen and oxygen atoms in total. The predicted molar refractivity (Wildman–Crippen MR) is 47.0 cm³/mol. The van der Waals surface area contributed by atoms with E-state index in [9.17, 15) is 14.9 Å². The molecule has 0 aliphatic rings. The molecule has 1 aromatic rings. The van der Waals surface area contributed by atoms with E-state index in [0.29, 0.717) is 0 Å². The molecule has 0 bridgehead atoms. The average molecular weight is 200 g/mol. The van der Waals surface area contributed by atoms with Crippen molar-refractivity contribution in [1.82, 2.24) is 0 Å². The van der Waals surface area contributed by atoms with Crippen molar-refractivity contribution in [2.45, 2.75) is 5.00 Å². The Kier molecular flexibility index (Phi) is 2.63. The van der Waals surface area contributed by atoms with Crippen molar-refractivity contribution in [3.63, 3.8) is 0 Å². The first-order valence-electron chi connectivity index (χ1n) is 3.46. The van der Waals surface area contributed by atoms with Crippen LogP contribution in [-0.4, -0.2) is 11.2 Å². The van der Waals surface area contributed by atoms with E-state index in [2.05, 4.69) is 0 Å². The summed E-state index contributed by atoms with van der Waals surface area (Å²) >= 11 is 5.52. The molecule has 0 heterocycles. The number of rotatable bonds is 3. The second-order valence-corrected chi connectivity index (χ2v) is 2.99. The van der Waals surface area contributed by atoms with Crippen molar-refractivity contribution in [2.75, 3.05) is 0 Å². The molecule has 0 aliphatic heterocycles. The van der Waals surface area contributed by atoms with Gasteiger partial charge in [-0.05, 0) is 23.7 Å². The fourth-order valence-corrected chi connectivity index (χ4v) is 1.01. The van der Waals surface area contributed by atoms with Gasteiger partial charge < -0.3 is 0 Å². The molecule has 1 aromatic carbocycles. The van der Waals surface area contributed by atoms with E-state index in [0.717, 1.165) is 0 Å². The van der Waals surface area contributed by atoms with Gasteiger partial charge in [0.25, 0.3) is 0 Å². The summed E-state index contributed by atoms with van der Waals surface area (Å²) in [6.45, 7) is 0. The van der Waals surface area contributed by atoms with Crippen molar-refractivity contribution in [1.29, 1.82) is 0 Å². The highest BCUT2D eigenvalue weighted by molar-refractivity contribution is 6.30. The van der Waals surface area contributed by atoms with Crippen molar-refractivity contribution in [3.8, 4) is 0 Å². The maximum Gasteiger partial charge on any atom is 0.375 e. The molecule has 0 N–H and O–H groups in total. The number of hydrogen-bond acceptors (Lipinski definition) is 3. The van der Waals surface area contributed by atoms with E-state index in [1.54, 1.807) is 18.2 Å². The van der Waals surface area contributed by atoms with Crippen LogP contribution >= 0.6 is 11.6 Å². The summed E-state index contributed by atoms with van der Waals surface area (Å²) in [7, 11) is 0. The van der Waals surface area contributed by atoms with Crippen LogP contribution in [0.3, 0.4) is 0 Å². The summed E-state index contributed by atoms with van der Waals surface area (Å²) < 4.78 is 0. The predicted octanol–water partition coefficient (Wildman–Crippen LogP) is 1.55. The smallest absolute Gasteiger partial charge is 0.293 e. The van der Waals surface area contributed by atoms with E-state index in [1.165, 1.54) is 12.1 Å². The molecule has 1 rings (SSSR count). The van der Waals surface area contributed by atoms with E-state index in [1.807, 2.05) is 0 Å². The third kappa shape index (κ3) is 1.67. The van der Waals surface area contributed by atoms with Crippen LogP contribution in [0, 0.1) is 10.1 Å². The van der Waals surface area contributed by atoms with Gasteiger partial charge in [0, 0.05) is 0 Å². The third-order valence-corrected chi connectivity index (χ3v) is 2.05. The van der Waals surface area contributed by atoms with E-state index in [-0.39, 0.29) is 11.8 Å². The molecule has 0 saturated heterocycles.